The Balaban J connectivity index is 2.01. The summed E-state index contributed by atoms with van der Waals surface area (Å²) in [6.45, 7) is 0. The summed E-state index contributed by atoms with van der Waals surface area (Å²) in [6.07, 6.45) is 7.64. The predicted octanol–water partition coefficient (Wildman–Crippen LogP) is 1.76. The second-order valence-electron chi connectivity index (χ2n) is 3.94. The van der Waals surface area contributed by atoms with Crippen molar-refractivity contribution in [3.8, 4) is 0 Å². The van der Waals surface area contributed by atoms with E-state index in [1.807, 2.05) is 30.5 Å². The fraction of sp³-hybridized carbons (Fsp3) is 0.143. The monoisotopic (exact) mass is 241 g/mol. The highest BCUT2D eigenvalue weighted by Crippen LogP contribution is 2.09. The second kappa shape index (κ2) is 5.82. The van der Waals surface area contributed by atoms with Crippen LogP contribution >= 0.6 is 0 Å². The zero-order valence-corrected chi connectivity index (χ0v) is 10.2. The summed E-state index contributed by atoms with van der Waals surface area (Å²) in [7, 11) is 1.61. The van der Waals surface area contributed by atoms with E-state index in [1.54, 1.807) is 19.5 Å². The zero-order chi connectivity index (χ0) is 12.8. The summed E-state index contributed by atoms with van der Waals surface area (Å²) < 4.78 is 0. The number of carbonyl (C=O) groups excluding carboxylic acids is 1. The molecule has 1 aromatic carbocycles. The molecule has 0 aliphatic rings. The Morgan fingerprint density at radius 3 is 2.78 bits per heavy atom. The van der Waals surface area contributed by atoms with Gasteiger partial charge in [0.2, 0.25) is 5.91 Å². The van der Waals surface area contributed by atoms with Crippen molar-refractivity contribution in [3.63, 3.8) is 0 Å². The molecule has 1 heterocycles. The van der Waals surface area contributed by atoms with Gasteiger partial charge >= 0.3 is 0 Å². The molecule has 2 N–H and O–H groups in total. The van der Waals surface area contributed by atoms with Gasteiger partial charge < -0.3 is 10.3 Å². The van der Waals surface area contributed by atoms with Crippen LogP contribution in [0.15, 0.2) is 42.9 Å². The summed E-state index contributed by atoms with van der Waals surface area (Å²) in [4.78, 5) is 18.1. The highest BCUT2D eigenvalue weighted by Gasteiger charge is 1.97. The standard InChI is InChI=1S/C14H15N3O/c1-15-14(18)7-6-11-2-4-12(5-3-11)8-13-9-16-10-17-13/h2-7,9-10H,8H2,1H3,(H,15,18)(H,16,17)/b7-6+. The van der Waals surface area contributed by atoms with Crippen LogP contribution in [0.3, 0.4) is 0 Å². The number of nitrogens with zero attached hydrogens (tertiary/aromatic N) is 1. The molecule has 0 bridgehead atoms. The Kier molecular flexibility index (Phi) is 3.91. The van der Waals surface area contributed by atoms with Crippen molar-refractivity contribution in [1.29, 1.82) is 0 Å². The van der Waals surface area contributed by atoms with Gasteiger partial charge in [0, 0.05) is 31.4 Å². The van der Waals surface area contributed by atoms with Gasteiger partial charge in [-0.1, -0.05) is 24.3 Å². The number of aromatic amines is 1. The molecule has 0 fully saturated rings. The molecule has 1 amide bonds. The Labute approximate surface area is 106 Å². The van der Waals surface area contributed by atoms with E-state index in [2.05, 4.69) is 15.3 Å². The number of carbonyl (C=O) groups is 1. The largest absolute Gasteiger partial charge is 0.356 e. The smallest absolute Gasteiger partial charge is 0.243 e. The molecule has 0 radical (unpaired) electrons. The molecule has 0 spiro atoms. The molecular weight excluding hydrogens is 226 g/mol. The van der Waals surface area contributed by atoms with Crippen molar-refractivity contribution in [2.24, 2.45) is 0 Å². The van der Waals surface area contributed by atoms with Gasteiger partial charge in [0.05, 0.1) is 6.33 Å². The average molecular weight is 241 g/mol. The molecule has 2 aromatic rings. The minimum absolute atomic E-state index is 0.100. The first-order valence-electron chi connectivity index (χ1n) is 5.74. The van der Waals surface area contributed by atoms with E-state index < -0.39 is 0 Å². The number of benzene rings is 1. The van der Waals surface area contributed by atoms with Crippen LogP contribution in [0.4, 0.5) is 0 Å². The number of likely N-dealkylation sites (N-methyl/N-ethyl adjacent to an activating group) is 1. The van der Waals surface area contributed by atoms with Gasteiger partial charge in [-0.2, -0.15) is 0 Å². The van der Waals surface area contributed by atoms with Crippen LogP contribution in [0.5, 0.6) is 0 Å². The maximum Gasteiger partial charge on any atom is 0.243 e. The Bertz CT molecular complexity index is 527. The van der Waals surface area contributed by atoms with E-state index in [4.69, 9.17) is 0 Å². The lowest BCUT2D eigenvalue weighted by atomic mass is 10.1. The lowest BCUT2D eigenvalue weighted by Crippen LogP contribution is -2.13. The van der Waals surface area contributed by atoms with E-state index in [-0.39, 0.29) is 5.91 Å². The number of hydrogen-bond acceptors (Lipinski definition) is 2. The van der Waals surface area contributed by atoms with E-state index in [1.165, 1.54) is 11.6 Å². The van der Waals surface area contributed by atoms with Gasteiger partial charge in [-0.15, -0.1) is 0 Å². The summed E-state index contributed by atoms with van der Waals surface area (Å²) in [6, 6.07) is 8.07. The Morgan fingerprint density at radius 1 is 1.39 bits per heavy atom. The van der Waals surface area contributed by atoms with Crippen LogP contribution in [-0.2, 0) is 11.2 Å². The molecule has 92 valence electrons. The van der Waals surface area contributed by atoms with E-state index in [0.717, 1.165) is 17.7 Å². The number of nitrogens with one attached hydrogen (secondary N) is 2. The van der Waals surface area contributed by atoms with Crippen molar-refractivity contribution in [3.05, 3.63) is 59.7 Å². The zero-order valence-electron chi connectivity index (χ0n) is 10.2. The van der Waals surface area contributed by atoms with Crippen LogP contribution in [0.2, 0.25) is 0 Å². The number of rotatable bonds is 4. The van der Waals surface area contributed by atoms with Gasteiger partial charge in [0.1, 0.15) is 0 Å². The van der Waals surface area contributed by atoms with Crippen LogP contribution in [0.25, 0.3) is 6.08 Å². The van der Waals surface area contributed by atoms with Crippen molar-refractivity contribution in [2.75, 3.05) is 7.05 Å². The van der Waals surface area contributed by atoms with Crippen LogP contribution in [0.1, 0.15) is 16.8 Å². The first-order chi connectivity index (χ1) is 8.78. The van der Waals surface area contributed by atoms with E-state index in [9.17, 15) is 4.79 Å². The minimum Gasteiger partial charge on any atom is -0.356 e. The maximum absolute atomic E-state index is 11.1. The molecule has 0 aliphatic heterocycles. The van der Waals surface area contributed by atoms with Crippen molar-refractivity contribution < 1.29 is 4.79 Å². The third-order valence-electron chi connectivity index (χ3n) is 2.60. The summed E-state index contributed by atoms with van der Waals surface area (Å²) in [5.74, 6) is -0.100. The Morgan fingerprint density at radius 2 is 2.17 bits per heavy atom. The van der Waals surface area contributed by atoms with Crippen LogP contribution < -0.4 is 5.32 Å². The Hall–Kier alpha value is -2.36. The van der Waals surface area contributed by atoms with Crippen molar-refractivity contribution in [1.82, 2.24) is 15.3 Å². The average Bonchev–Trinajstić information content (AvgIpc) is 2.90. The number of aromatic nitrogens is 2. The quantitative estimate of drug-likeness (QED) is 0.801. The van der Waals surface area contributed by atoms with E-state index >= 15 is 0 Å². The third kappa shape index (κ3) is 3.31. The first-order valence-corrected chi connectivity index (χ1v) is 5.74. The second-order valence-corrected chi connectivity index (χ2v) is 3.94. The fourth-order valence-electron chi connectivity index (χ4n) is 1.60. The van der Waals surface area contributed by atoms with Crippen LogP contribution in [-0.4, -0.2) is 22.9 Å². The summed E-state index contributed by atoms with van der Waals surface area (Å²) in [5.41, 5.74) is 3.30. The maximum atomic E-state index is 11.1. The van der Waals surface area contributed by atoms with Gasteiger partial charge in [-0.25, -0.2) is 4.98 Å². The van der Waals surface area contributed by atoms with E-state index in [0.29, 0.717) is 0 Å². The van der Waals surface area contributed by atoms with Gasteiger partial charge in [0.25, 0.3) is 0 Å². The highest BCUT2D eigenvalue weighted by atomic mass is 16.1. The molecule has 2 rings (SSSR count). The molecule has 0 atom stereocenters. The third-order valence-corrected chi connectivity index (χ3v) is 2.60. The number of amides is 1. The topological polar surface area (TPSA) is 57.8 Å². The number of hydrogen-bond donors (Lipinski definition) is 2. The molecule has 0 saturated carbocycles. The lowest BCUT2D eigenvalue weighted by molar-refractivity contribution is -0.115. The molecule has 0 saturated heterocycles. The first kappa shape index (κ1) is 12.1. The summed E-state index contributed by atoms with van der Waals surface area (Å²) >= 11 is 0. The normalized spacial score (nSPS) is 10.7. The molecule has 4 heteroatoms. The lowest BCUT2D eigenvalue weighted by Gasteiger charge is -2.00. The van der Waals surface area contributed by atoms with Crippen molar-refractivity contribution >= 4 is 12.0 Å². The number of H-pyrrole nitrogens is 1. The molecule has 0 unspecified atom stereocenters. The predicted molar refractivity (Wildman–Crippen MR) is 70.9 cm³/mol. The SMILES string of the molecule is CNC(=O)/C=C/c1ccc(Cc2cnc[nH]2)cc1. The fourth-order valence-corrected chi connectivity index (χ4v) is 1.60. The molecule has 0 aliphatic carbocycles. The highest BCUT2D eigenvalue weighted by molar-refractivity contribution is 5.91. The molecule has 4 nitrogen and oxygen atoms in total. The van der Waals surface area contributed by atoms with Crippen molar-refractivity contribution in [2.45, 2.75) is 6.42 Å². The number of imidazole rings is 1. The molecule has 18 heavy (non-hydrogen) atoms. The molecular formula is C14H15N3O. The van der Waals surface area contributed by atoms with Gasteiger partial charge in [-0.3, -0.25) is 4.79 Å². The van der Waals surface area contributed by atoms with Crippen LogP contribution in [0, 0.1) is 0 Å². The van der Waals surface area contributed by atoms with Gasteiger partial charge in [-0.05, 0) is 17.2 Å². The summed E-state index contributed by atoms with van der Waals surface area (Å²) in [5, 5.41) is 2.54. The molecule has 1 aromatic heterocycles. The minimum atomic E-state index is -0.100. The van der Waals surface area contributed by atoms with Gasteiger partial charge in [0.15, 0.2) is 0 Å².